The Hall–Kier alpha value is -2.64. The average Bonchev–Trinajstić information content (AvgIpc) is 2.58. The van der Waals surface area contributed by atoms with Gasteiger partial charge in [-0.15, -0.1) is 0 Å². The number of rotatable bonds is 10. The van der Waals surface area contributed by atoms with Crippen molar-refractivity contribution in [1.82, 2.24) is 0 Å². The van der Waals surface area contributed by atoms with Gasteiger partial charge in [-0.3, -0.25) is 4.79 Å². The molecule has 0 saturated heterocycles. The fourth-order valence-corrected chi connectivity index (χ4v) is 2.01. The number of hydrogen-bond donors (Lipinski definition) is 2. The van der Waals surface area contributed by atoms with Gasteiger partial charge in [-0.25, -0.2) is 0 Å². The van der Waals surface area contributed by atoms with Crippen LogP contribution in [0.2, 0.25) is 0 Å². The lowest BCUT2D eigenvalue weighted by molar-refractivity contribution is -0.120. The molecule has 140 valence electrons. The summed E-state index contributed by atoms with van der Waals surface area (Å²) in [5.41, 5.74) is 6.20. The number of ether oxygens (including phenoxy) is 3. The lowest BCUT2D eigenvalue weighted by atomic mass is 10.1. The molecule has 0 spiro atoms. The van der Waals surface area contributed by atoms with Crippen molar-refractivity contribution in [3.63, 3.8) is 0 Å². The highest BCUT2D eigenvalue weighted by molar-refractivity contribution is 5.92. The molecule has 0 fully saturated rings. The first kappa shape index (κ1) is 20.4. The zero-order chi connectivity index (χ0) is 18.8. The van der Waals surface area contributed by atoms with Gasteiger partial charge in [0.1, 0.15) is 5.84 Å². The Morgan fingerprint density at radius 3 is 2.24 bits per heavy atom. The molecular formula is C17H27N3O5. The third kappa shape index (κ3) is 6.78. The summed E-state index contributed by atoms with van der Waals surface area (Å²) in [4.78, 5) is 16.9. The highest BCUT2D eigenvalue weighted by atomic mass is 16.6. The van der Waals surface area contributed by atoms with E-state index in [1.807, 2.05) is 0 Å². The molecule has 0 aliphatic carbocycles. The molecule has 8 heteroatoms. The molecule has 8 nitrogen and oxygen atoms in total. The number of oxime groups is 1. The molecule has 0 aliphatic heterocycles. The van der Waals surface area contributed by atoms with Gasteiger partial charge in [0.05, 0.1) is 21.3 Å². The highest BCUT2D eigenvalue weighted by Crippen LogP contribution is 2.39. The smallest absolute Gasteiger partial charge is 0.265 e. The molecule has 1 rings (SSSR count). The molecule has 0 atom stereocenters. The number of carbonyl (C=O) groups is 1. The average molecular weight is 353 g/mol. The lowest BCUT2D eigenvalue weighted by Gasteiger charge is -2.14. The summed E-state index contributed by atoms with van der Waals surface area (Å²) in [7, 11) is 4.51. The van der Waals surface area contributed by atoms with E-state index in [1.165, 1.54) is 21.3 Å². The second kappa shape index (κ2) is 10.3. The number of amidine groups is 1. The van der Waals surface area contributed by atoms with Crippen LogP contribution in [0.15, 0.2) is 17.3 Å². The number of hydrogen-bond acceptors (Lipinski definition) is 6. The van der Waals surface area contributed by atoms with Crippen LogP contribution in [0.1, 0.15) is 26.7 Å². The van der Waals surface area contributed by atoms with Crippen LogP contribution in [0.5, 0.6) is 17.2 Å². The van der Waals surface area contributed by atoms with Crippen LogP contribution in [0.25, 0.3) is 0 Å². The fraction of sp³-hybridized carbons (Fsp3) is 0.529. The second-order valence-corrected chi connectivity index (χ2v) is 5.75. The molecule has 1 aromatic rings. The van der Waals surface area contributed by atoms with E-state index in [-0.39, 0.29) is 12.5 Å². The number of methoxy groups -OCH3 is 3. The van der Waals surface area contributed by atoms with Crippen molar-refractivity contribution < 1.29 is 23.8 Å². The van der Waals surface area contributed by atoms with Gasteiger partial charge >= 0.3 is 0 Å². The Morgan fingerprint density at radius 1 is 1.16 bits per heavy atom. The van der Waals surface area contributed by atoms with Crippen LogP contribution in [0, 0.1) is 5.92 Å². The quantitative estimate of drug-likeness (QED) is 0.380. The number of anilines is 1. The molecule has 1 amide bonds. The Kier molecular flexibility index (Phi) is 8.38. The number of nitrogens with zero attached hydrogens (tertiary/aromatic N) is 1. The molecule has 3 N–H and O–H groups in total. The van der Waals surface area contributed by atoms with Crippen LogP contribution in [-0.4, -0.2) is 39.7 Å². The molecule has 0 bridgehead atoms. The molecule has 0 saturated carbocycles. The SMILES string of the molecule is COc1cc(NC(=O)CO/N=C(\N)CCC(C)C)cc(OC)c1OC. The monoisotopic (exact) mass is 353 g/mol. The molecule has 0 heterocycles. The first-order chi connectivity index (χ1) is 11.9. The van der Waals surface area contributed by atoms with Crippen LogP contribution in [0.3, 0.4) is 0 Å². The fourth-order valence-electron chi connectivity index (χ4n) is 2.01. The summed E-state index contributed by atoms with van der Waals surface area (Å²) in [5.74, 6) is 1.84. The van der Waals surface area contributed by atoms with Gasteiger partial charge in [-0.2, -0.15) is 0 Å². The van der Waals surface area contributed by atoms with E-state index in [2.05, 4.69) is 24.3 Å². The number of carbonyl (C=O) groups excluding carboxylic acids is 1. The van der Waals surface area contributed by atoms with Crippen molar-refractivity contribution in [2.75, 3.05) is 33.3 Å². The Balaban J connectivity index is 2.64. The number of nitrogens with one attached hydrogen (secondary N) is 1. The van der Waals surface area contributed by atoms with Gasteiger partial charge in [0.15, 0.2) is 18.1 Å². The minimum absolute atomic E-state index is 0.251. The molecule has 1 aromatic carbocycles. The van der Waals surface area contributed by atoms with Crippen molar-refractivity contribution in [1.29, 1.82) is 0 Å². The summed E-state index contributed by atoms with van der Waals surface area (Å²) in [6.45, 7) is 3.94. The molecule has 0 aliphatic rings. The number of nitrogens with two attached hydrogens (primary N) is 1. The van der Waals surface area contributed by atoms with Crippen LogP contribution >= 0.6 is 0 Å². The van der Waals surface area contributed by atoms with Crippen LogP contribution < -0.4 is 25.3 Å². The van der Waals surface area contributed by atoms with Crippen molar-refractivity contribution in [3.8, 4) is 17.2 Å². The topological polar surface area (TPSA) is 104 Å². The third-order valence-electron chi connectivity index (χ3n) is 3.30. The van der Waals surface area contributed by atoms with E-state index in [0.29, 0.717) is 41.1 Å². The predicted molar refractivity (Wildman–Crippen MR) is 96.4 cm³/mol. The van der Waals surface area contributed by atoms with Crippen LogP contribution in [0.4, 0.5) is 5.69 Å². The van der Waals surface area contributed by atoms with E-state index in [4.69, 9.17) is 24.8 Å². The van der Waals surface area contributed by atoms with E-state index < -0.39 is 0 Å². The van der Waals surface area contributed by atoms with Gasteiger partial charge in [0.25, 0.3) is 5.91 Å². The summed E-state index contributed by atoms with van der Waals surface area (Å²) in [6.07, 6.45) is 1.54. The van der Waals surface area contributed by atoms with Gasteiger partial charge in [-0.05, 0) is 12.3 Å². The minimum Gasteiger partial charge on any atom is -0.493 e. The van der Waals surface area contributed by atoms with E-state index >= 15 is 0 Å². The maximum absolute atomic E-state index is 12.0. The van der Waals surface area contributed by atoms with Gasteiger partial charge in [0, 0.05) is 24.2 Å². The van der Waals surface area contributed by atoms with Crippen molar-refractivity contribution in [3.05, 3.63) is 12.1 Å². The van der Waals surface area contributed by atoms with Gasteiger partial charge in [-0.1, -0.05) is 19.0 Å². The normalized spacial score (nSPS) is 11.2. The lowest BCUT2D eigenvalue weighted by Crippen LogP contribution is -2.19. The van der Waals surface area contributed by atoms with E-state index in [1.54, 1.807) is 12.1 Å². The van der Waals surface area contributed by atoms with Gasteiger partial charge < -0.3 is 30.1 Å². The molecule has 0 aromatic heterocycles. The summed E-state index contributed by atoms with van der Waals surface area (Å²) in [6, 6.07) is 3.25. The predicted octanol–water partition coefficient (Wildman–Crippen LogP) is 2.38. The van der Waals surface area contributed by atoms with E-state index in [0.717, 1.165) is 6.42 Å². The Morgan fingerprint density at radius 2 is 1.76 bits per heavy atom. The molecule has 0 radical (unpaired) electrons. The summed E-state index contributed by atoms with van der Waals surface area (Å²) < 4.78 is 15.7. The first-order valence-corrected chi connectivity index (χ1v) is 7.95. The van der Waals surface area contributed by atoms with Gasteiger partial charge in [0.2, 0.25) is 5.75 Å². The summed E-state index contributed by atoms with van der Waals surface area (Å²) in [5, 5.41) is 6.41. The number of amides is 1. The minimum atomic E-state index is -0.380. The highest BCUT2D eigenvalue weighted by Gasteiger charge is 2.14. The summed E-state index contributed by atoms with van der Waals surface area (Å²) >= 11 is 0. The van der Waals surface area contributed by atoms with Crippen molar-refractivity contribution in [2.45, 2.75) is 26.7 Å². The molecular weight excluding hydrogens is 326 g/mol. The Labute approximate surface area is 148 Å². The largest absolute Gasteiger partial charge is 0.493 e. The zero-order valence-corrected chi connectivity index (χ0v) is 15.4. The maximum Gasteiger partial charge on any atom is 0.265 e. The van der Waals surface area contributed by atoms with E-state index in [9.17, 15) is 4.79 Å². The zero-order valence-electron chi connectivity index (χ0n) is 15.4. The van der Waals surface area contributed by atoms with Crippen molar-refractivity contribution >= 4 is 17.4 Å². The molecule has 0 unspecified atom stereocenters. The van der Waals surface area contributed by atoms with Crippen molar-refractivity contribution in [2.24, 2.45) is 16.8 Å². The standard InChI is InChI=1S/C17H27N3O5/c1-11(2)6-7-15(18)20-25-10-16(21)19-12-8-13(22-3)17(24-5)14(9-12)23-4/h8-9,11H,6-7,10H2,1-5H3,(H2,18,20)(H,19,21). The number of benzene rings is 1. The second-order valence-electron chi connectivity index (χ2n) is 5.75. The molecule has 25 heavy (non-hydrogen) atoms. The third-order valence-corrected chi connectivity index (χ3v) is 3.30. The maximum atomic E-state index is 12.0. The van der Waals surface area contributed by atoms with Crippen LogP contribution in [-0.2, 0) is 9.63 Å². The first-order valence-electron chi connectivity index (χ1n) is 7.95. The Bertz CT molecular complexity index is 577.